The van der Waals surface area contributed by atoms with E-state index in [1.165, 1.54) is 18.5 Å². The van der Waals surface area contributed by atoms with E-state index in [1.807, 2.05) is 10.9 Å². The number of carbonyl (C=O) groups excluding carboxylic acids is 1. The Kier molecular flexibility index (Phi) is 3.20. The Bertz CT molecular complexity index is 715. The Hall–Kier alpha value is -2.19. The summed E-state index contributed by atoms with van der Waals surface area (Å²) in [6, 6.07) is 10.5. The van der Waals surface area contributed by atoms with Crippen molar-refractivity contribution in [3.05, 3.63) is 47.8 Å². The van der Waals surface area contributed by atoms with Crippen LogP contribution in [0, 0.1) is 0 Å². The lowest BCUT2D eigenvalue weighted by Gasteiger charge is -2.23. The van der Waals surface area contributed by atoms with Gasteiger partial charge >= 0.3 is 0 Å². The highest BCUT2D eigenvalue weighted by molar-refractivity contribution is 5.42. The highest BCUT2D eigenvalue weighted by Crippen LogP contribution is 2.43. The standard InChI is InChI=1S/C18H19N3O/c22-13-19-18(10-1-2-11-18)15-5-7-16(8-6-15)21-17(9-12-20-21)14-3-4-14/h5-9,12,14H,1-4,10-11H2. The van der Waals surface area contributed by atoms with Crippen molar-refractivity contribution in [3.8, 4) is 5.69 Å². The Morgan fingerprint density at radius 3 is 2.50 bits per heavy atom. The Balaban J connectivity index is 1.68. The molecule has 4 heteroatoms. The summed E-state index contributed by atoms with van der Waals surface area (Å²) >= 11 is 0. The quantitative estimate of drug-likeness (QED) is 0.635. The first kappa shape index (κ1) is 13.5. The number of benzene rings is 1. The minimum Gasteiger partial charge on any atom is -0.238 e. The van der Waals surface area contributed by atoms with E-state index in [9.17, 15) is 4.79 Å². The van der Waals surface area contributed by atoms with E-state index >= 15 is 0 Å². The minimum absolute atomic E-state index is 0.344. The first-order chi connectivity index (χ1) is 10.8. The number of aromatic nitrogens is 2. The van der Waals surface area contributed by atoms with Crippen molar-refractivity contribution in [1.82, 2.24) is 9.78 Å². The number of nitrogens with zero attached hydrogens (tertiary/aromatic N) is 3. The van der Waals surface area contributed by atoms with Gasteiger partial charge in [-0.05, 0) is 49.4 Å². The van der Waals surface area contributed by atoms with Gasteiger partial charge in [-0.1, -0.05) is 25.0 Å². The minimum atomic E-state index is -0.344. The molecule has 0 bridgehead atoms. The van der Waals surface area contributed by atoms with Crippen molar-refractivity contribution in [2.75, 3.05) is 0 Å². The first-order valence-corrected chi connectivity index (χ1v) is 8.06. The van der Waals surface area contributed by atoms with Crippen molar-refractivity contribution in [2.24, 2.45) is 4.99 Å². The normalized spacial score (nSPS) is 19.8. The maximum absolute atomic E-state index is 10.8. The van der Waals surface area contributed by atoms with Crippen molar-refractivity contribution in [2.45, 2.75) is 50.0 Å². The molecule has 4 rings (SSSR count). The van der Waals surface area contributed by atoms with Crippen molar-refractivity contribution >= 4 is 6.08 Å². The number of aliphatic imine (C=N–C) groups is 1. The molecule has 4 nitrogen and oxygen atoms in total. The number of rotatable bonds is 4. The number of hydrogen-bond donors (Lipinski definition) is 0. The molecule has 22 heavy (non-hydrogen) atoms. The third-order valence-corrected chi connectivity index (χ3v) is 5.01. The summed E-state index contributed by atoms with van der Waals surface area (Å²) in [5.74, 6) is 0.669. The van der Waals surface area contributed by atoms with Crippen LogP contribution in [-0.2, 0) is 10.3 Å². The predicted octanol–water partition coefficient (Wildman–Crippen LogP) is 3.85. The fourth-order valence-corrected chi connectivity index (χ4v) is 3.64. The monoisotopic (exact) mass is 293 g/mol. The van der Waals surface area contributed by atoms with Crippen LogP contribution in [-0.4, -0.2) is 15.9 Å². The van der Waals surface area contributed by atoms with Crippen LogP contribution in [0.5, 0.6) is 0 Å². The van der Waals surface area contributed by atoms with Gasteiger partial charge < -0.3 is 0 Å². The Labute approximate surface area is 129 Å². The molecule has 0 N–H and O–H groups in total. The zero-order valence-electron chi connectivity index (χ0n) is 12.5. The summed E-state index contributed by atoms with van der Waals surface area (Å²) in [5.41, 5.74) is 3.16. The molecule has 2 aliphatic rings. The fraction of sp³-hybridized carbons (Fsp3) is 0.444. The average Bonchev–Trinajstić information content (AvgIpc) is 3.09. The Morgan fingerprint density at radius 2 is 1.86 bits per heavy atom. The SMILES string of the molecule is O=C=NC1(c2ccc(-n3nccc3C3CC3)cc2)CCCC1. The third kappa shape index (κ3) is 2.20. The first-order valence-electron chi connectivity index (χ1n) is 8.06. The molecule has 0 spiro atoms. The highest BCUT2D eigenvalue weighted by Gasteiger charge is 2.35. The van der Waals surface area contributed by atoms with Crippen molar-refractivity contribution in [3.63, 3.8) is 0 Å². The van der Waals surface area contributed by atoms with E-state index < -0.39 is 0 Å². The van der Waals surface area contributed by atoms with Gasteiger partial charge in [0.05, 0.1) is 11.2 Å². The largest absolute Gasteiger partial charge is 0.238 e. The molecule has 0 amide bonds. The molecule has 2 fully saturated rings. The van der Waals surface area contributed by atoms with Gasteiger partial charge in [0, 0.05) is 17.8 Å². The maximum Gasteiger partial charge on any atom is 0.235 e. The molecule has 1 heterocycles. The second-order valence-corrected chi connectivity index (χ2v) is 6.43. The van der Waals surface area contributed by atoms with E-state index in [4.69, 9.17) is 0 Å². The second kappa shape index (κ2) is 5.22. The maximum atomic E-state index is 10.8. The molecule has 2 saturated carbocycles. The predicted molar refractivity (Wildman–Crippen MR) is 83.8 cm³/mol. The number of hydrogen-bond acceptors (Lipinski definition) is 3. The summed E-state index contributed by atoms with van der Waals surface area (Å²) < 4.78 is 2.03. The van der Waals surface area contributed by atoms with Crippen LogP contribution < -0.4 is 0 Å². The lowest BCUT2D eigenvalue weighted by Crippen LogP contribution is -2.18. The van der Waals surface area contributed by atoms with Crippen LogP contribution in [0.15, 0.2) is 41.5 Å². The summed E-state index contributed by atoms with van der Waals surface area (Å²) in [5, 5.41) is 4.46. The van der Waals surface area contributed by atoms with Crippen LogP contribution in [0.3, 0.4) is 0 Å². The zero-order chi connectivity index (χ0) is 15.0. The lowest BCUT2D eigenvalue weighted by molar-refractivity contribution is 0.456. The fourth-order valence-electron chi connectivity index (χ4n) is 3.64. The molecule has 0 radical (unpaired) electrons. The number of isocyanates is 1. The lowest BCUT2D eigenvalue weighted by atomic mass is 9.89. The second-order valence-electron chi connectivity index (χ2n) is 6.43. The van der Waals surface area contributed by atoms with Crippen LogP contribution in [0.2, 0.25) is 0 Å². The van der Waals surface area contributed by atoms with Gasteiger partial charge in [0.1, 0.15) is 0 Å². The Morgan fingerprint density at radius 1 is 1.14 bits per heavy atom. The highest BCUT2D eigenvalue weighted by atomic mass is 16.1. The van der Waals surface area contributed by atoms with Gasteiger partial charge in [0.2, 0.25) is 6.08 Å². The van der Waals surface area contributed by atoms with Crippen molar-refractivity contribution in [1.29, 1.82) is 0 Å². The van der Waals surface area contributed by atoms with Gasteiger partial charge in [0.25, 0.3) is 0 Å². The zero-order valence-corrected chi connectivity index (χ0v) is 12.5. The topological polar surface area (TPSA) is 47.2 Å². The van der Waals surface area contributed by atoms with Gasteiger partial charge in [-0.25, -0.2) is 9.48 Å². The molecule has 2 aliphatic carbocycles. The van der Waals surface area contributed by atoms with Gasteiger partial charge in [-0.2, -0.15) is 10.1 Å². The molecule has 0 aliphatic heterocycles. The smallest absolute Gasteiger partial charge is 0.235 e. The van der Waals surface area contributed by atoms with Gasteiger partial charge in [-0.15, -0.1) is 0 Å². The van der Waals surface area contributed by atoms with Crippen molar-refractivity contribution < 1.29 is 4.79 Å². The summed E-state index contributed by atoms with van der Waals surface area (Å²) in [6.45, 7) is 0. The van der Waals surface area contributed by atoms with Crippen LogP contribution in [0.4, 0.5) is 0 Å². The van der Waals surface area contributed by atoms with Gasteiger partial charge in [0.15, 0.2) is 0 Å². The van der Waals surface area contributed by atoms with Crippen LogP contribution in [0.1, 0.15) is 55.7 Å². The molecule has 1 aromatic heterocycles. The van der Waals surface area contributed by atoms with Gasteiger partial charge in [-0.3, -0.25) is 0 Å². The molecular weight excluding hydrogens is 274 g/mol. The molecule has 0 saturated heterocycles. The van der Waals surface area contributed by atoms with E-state index in [0.29, 0.717) is 5.92 Å². The molecule has 1 aromatic carbocycles. The molecule has 0 unspecified atom stereocenters. The average molecular weight is 293 g/mol. The van der Waals surface area contributed by atoms with E-state index in [-0.39, 0.29) is 5.54 Å². The summed E-state index contributed by atoms with van der Waals surface area (Å²) in [4.78, 5) is 15.0. The van der Waals surface area contributed by atoms with E-state index in [1.54, 1.807) is 6.08 Å². The van der Waals surface area contributed by atoms with Crippen LogP contribution >= 0.6 is 0 Å². The molecule has 2 aromatic rings. The van der Waals surface area contributed by atoms with E-state index in [2.05, 4.69) is 40.4 Å². The summed E-state index contributed by atoms with van der Waals surface area (Å²) in [6.07, 6.45) is 10.3. The van der Waals surface area contributed by atoms with Crippen LogP contribution in [0.25, 0.3) is 5.69 Å². The summed E-state index contributed by atoms with van der Waals surface area (Å²) in [7, 11) is 0. The van der Waals surface area contributed by atoms with E-state index in [0.717, 1.165) is 36.9 Å². The third-order valence-electron chi connectivity index (χ3n) is 5.01. The molecular formula is C18H19N3O. The molecule has 0 atom stereocenters. The molecule has 112 valence electrons.